The third kappa shape index (κ3) is 4.18. The van der Waals surface area contributed by atoms with E-state index in [-0.39, 0.29) is 17.0 Å². The average Bonchev–Trinajstić information content (AvgIpc) is 3.13. The van der Waals surface area contributed by atoms with Crippen LogP contribution in [0, 0.1) is 0 Å². The molecule has 0 spiro atoms. The first-order chi connectivity index (χ1) is 12.4. The summed E-state index contributed by atoms with van der Waals surface area (Å²) < 4.78 is 2.17. The number of halogens is 1. The highest BCUT2D eigenvalue weighted by atomic mass is 79.9. The summed E-state index contributed by atoms with van der Waals surface area (Å²) in [6, 6.07) is 31.0. The van der Waals surface area contributed by atoms with Crippen molar-refractivity contribution in [2.45, 2.75) is 6.54 Å². The van der Waals surface area contributed by atoms with Crippen molar-refractivity contribution in [2.24, 2.45) is 0 Å². The smallest absolute Gasteiger partial charge is 0.350 e. The van der Waals surface area contributed by atoms with E-state index in [9.17, 15) is 0 Å². The highest BCUT2D eigenvalue weighted by Gasteiger charge is 2.23. The van der Waals surface area contributed by atoms with E-state index in [2.05, 4.69) is 57.8 Å². The molecule has 0 aliphatic heterocycles. The number of anilines is 1. The van der Waals surface area contributed by atoms with E-state index >= 15 is 0 Å². The third-order valence-electron chi connectivity index (χ3n) is 3.89. The van der Waals surface area contributed by atoms with Crippen LogP contribution in [0.5, 0.6) is 0 Å². The number of aromatic nitrogens is 2. The number of nitrogens with one attached hydrogen (secondary N) is 1. The maximum absolute atomic E-state index is 4.84. The van der Waals surface area contributed by atoms with Crippen molar-refractivity contribution >= 4 is 16.7 Å². The Bertz CT molecular complexity index is 884. The number of benzene rings is 3. The molecule has 130 valence electrons. The van der Waals surface area contributed by atoms with Crippen LogP contribution in [-0.2, 0) is 6.54 Å². The zero-order valence-corrected chi connectivity index (χ0v) is 16.5. The Hall–Kier alpha value is -2.50. The van der Waals surface area contributed by atoms with Crippen LogP contribution >= 0.6 is 11.5 Å². The van der Waals surface area contributed by atoms with E-state index in [0.717, 1.165) is 28.8 Å². The van der Waals surface area contributed by atoms with Gasteiger partial charge in [0, 0.05) is 6.54 Å². The van der Waals surface area contributed by atoms with Crippen LogP contribution in [0.2, 0.25) is 0 Å². The van der Waals surface area contributed by atoms with E-state index in [0.29, 0.717) is 0 Å². The number of nitrogens with zero attached hydrogens (tertiary/aromatic N) is 2. The normalized spacial score (nSPS) is 10.2. The summed E-state index contributed by atoms with van der Waals surface area (Å²) >= 11 is 1.62. The fourth-order valence-electron chi connectivity index (χ4n) is 2.64. The second-order valence-corrected chi connectivity index (χ2v) is 6.60. The molecule has 1 N–H and O–H groups in total. The monoisotopic (exact) mass is 423 g/mol. The Kier molecular flexibility index (Phi) is 6.15. The summed E-state index contributed by atoms with van der Waals surface area (Å²) in [5.74, 6) is 0.951. The van der Waals surface area contributed by atoms with Crippen LogP contribution < -0.4 is 26.3 Å². The van der Waals surface area contributed by atoms with E-state index in [4.69, 9.17) is 4.98 Å². The van der Waals surface area contributed by atoms with E-state index in [1.165, 1.54) is 5.56 Å². The van der Waals surface area contributed by atoms with Crippen LogP contribution in [0.3, 0.4) is 0 Å². The number of hydrogen-bond acceptors (Lipinski definition) is 3. The Morgan fingerprint density at radius 1 is 0.769 bits per heavy atom. The first kappa shape index (κ1) is 18.3. The van der Waals surface area contributed by atoms with Crippen LogP contribution in [0.1, 0.15) is 5.56 Å². The molecule has 0 fully saturated rings. The van der Waals surface area contributed by atoms with E-state index < -0.39 is 0 Å². The highest BCUT2D eigenvalue weighted by molar-refractivity contribution is 7.06. The summed E-state index contributed by atoms with van der Waals surface area (Å²) in [4.78, 5) is 4.84. The van der Waals surface area contributed by atoms with Gasteiger partial charge in [-0.2, -0.15) is 0 Å². The molecular formula is C21H18BrN3S. The van der Waals surface area contributed by atoms with Gasteiger partial charge in [0.15, 0.2) is 0 Å². The predicted octanol–water partition coefficient (Wildman–Crippen LogP) is 1.70. The number of para-hydroxylation sites is 1. The topological polar surface area (TPSA) is 28.8 Å². The second kappa shape index (κ2) is 8.74. The molecule has 0 amide bonds. The summed E-state index contributed by atoms with van der Waals surface area (Å²) in [5.41, 5.74) is 3.47. The van der Waals surface area contributed by atoms with Crippen LogP contribution in [-0.4, -0.2) is 4.98 Å². The van der Waals surface area contributed by atoms with Crippen LogP contribution in [0.25, 0.3) is 17.1 Å². The average molecular weight is 424 g/mol. The lowest BCUT2D eigenvalue weighted by Crippen LogP contribution is -3.00. The zero-order valence-electron chi connectivity index (χ0n) is 14.0. The predicted molar refractivity (Wildman–Crippen MR) is 103 cm³/mol. The highest BCUT2D eigenvalue weighted by Crippen LogP contribution is 2.22. The maximum Gasteiger partial charge on any atom is 0.350 e. The molecule has 0 saturated heterocycles. The van der Waals surface area contributed by atoms with Gasteiger partial charge in [0.25, 0.3) is 0 Å². The zero-order chi connectivity index (χ0) is 16.9. The Balaban J connectivity index is 0.00000196. The molecular weight excluding hydrogens is 406 g/mol. The van der Waals surface area contributed by atoms with Crippen molar-refractivity contribution in [3.63, 3.8) is 0 Å². The molecule has 3 aromatic carbocycles. The molecule has 0 aliphatic rings. The minimum absolute atomic E-state index is 0. The quantitative estimate of drug-likeness (QED) is 0.495. The molecule has 0 saturated carbocycles. The fraction of sp³-hybridized carbons (Fsp3) is 0.0476. The summed E-state index contributed by atoms with van der Waals surface area (Å²) in [5, 5.41) is 4.36. The van der Waals surface area contributed by atoms with Gasteiger partial charge in [-0.3, -0.25) is 0 Å². The second-order valence-electron chi connectivity index (χ2n) is 5.67. The van der Waals surface area contributed by atoms with Gasteiger partial charge in [0.05, 0.1) is 5.56 Å². The Morgan fingerprint density at radius 3 is 2.00 bits per heavy atom. The van der Waals surface area contributed by atoms with Crippen LogP contribution in [0.15, 0.2) is 91.0 Å². The summed E-state index contributed by atoms with van der Waals surface area (Å²) in [7, 11) is 0. The molecule has 0 bridgehead atoms. The molecule has 4 rings (SSSR count). The fourth-order valence-corrected chi connectivity index (χ4v) is 3.54. The molecule has 0 atom stereocenters. The maximum atomic E-state index is 4.84. The van der Waals surface area contributed by atoms with Crippen molar-refractivity contribution in [3.05, 3.63) is 96.6 Å². The molecule has 0 aliphatic carbocycles. The largest absolute Gasteiger partial charge is 1.00 e. The summed E-state index contributed by atoms with van der Waals surface area (Å²) in [6.07, 6.45) is 0. The minimum atomic E-state index is 0. The molecule has 1 heterocycles. The summed E-state index contributed by atoms with van der Waals surface area (Å²) in [6.45, 7) is 0.761. The van der Waals surface area contributed by atoms with Gasteiger partial charge < -0.3 is 22.3 Å². The molecule has 0 unspecified atom stereocenters. The first-order valence-electron chi connectivity index (χ1n) is 8.22. The van der Waals surface area contributed by atoms with Gasteiger partial charge >= 0.3 is 11.0 Å². The Labute approximate surface area is 167 Å². The van der Waals surface area contributed by atoms with Crippen molar-refractivity contribution in [3.8, 4) is 17.1 Å². The SMILES string of the molecule is [Br-].c1ccc(CNc2nc(-c3ccccc3)[n+](-c3ccccc3)s2)cc1. The lowest BCUT2D eigenvalue weighted by atomic mass is 10.2. The lowest BCUT2D eigenvalue weighted by Gasteiger charge is -1.98. The van der Waals surface area contributed by atoms with Crippen LogP contribution in [0.4, 0.5) is 5.13 Å². The van der Waals surface area contributed by atoms with E-state index in [1.54, 1.807) is 11.5 Å². The van der Waals surface area contributed by atoms with E-state index in [1.807, 2.05) is 42.5 Å². The van der Waals surface area contributed by atoms with Gasteiger partial charge in [-0.1, -0.05) is 66.7 Å². The molecule has 1 aromatic heterocycles. The van der Waals surface area contributed by atoms with Crippen molar-refractivity contribution in [1.29, 1.82) is 0 Å². The molecule has 4 aromatic rings. The molecule has 26 heavy (non-hydrogen) atoms. The van der Waals surface area contributed by atoms with Gasteiger partial charge in [-0.25, -0.2) is 0 Å². The van der Waals surface area contributed by atoms with Crippen molar-refractivity contribution in [2.75, 3.05) is 5.32 Å². The molecule has 5 heteroatoms. The molecule has 0 radical (unpaired) electrons. The van der Waals surface area contributed by atoms with Crippen molar-refractivity contribution < 1.29 is 20.9 Å². The number of hydrogen-bond donors (Lipinski definition) is 1. The Morgan fingerprint density at radius 2 is 1.35 bits per heavy atom. The number of rotatable bonds is 5. The standard InChI is InChI=1S/C21H17N3S.BrH/c1-4-10-17(11-5-1)16-22-21-23-20(18-12-6-2-7-13-18)24(25-21)19-14-8-3-9-15-19;/h1-15H,16H2;1H. The minimum Gasteiger partial charge on any atom is -1.00 e. The lowest BCUT2D eigenvalue weighted by molar-refractivity contribution is -0.509. The van der Waals surface area contributed by atoms with Crippen molar-refractivity contribution in [1.82, 2.24) is 4.98 Å². The first-order valence-corrected chi connectivity index (χ1v) is 8.99. The third-order valence-corrected chi connectivity index (χ3v) is 4.86. The van der Waals surface area contributed by atoms with Gasteiger partial charge in [0.1, 0.15) is 17.2 Å². The van der Waals surface area contributed by atoms with Gasteiger partial charge in [0.2, 0.25) is 0 Å². The van der Waals surface area contributed by atoms with Gasteiger partial charge in [-0.05, 0) is 34.8 Å². The molecule has 3 nitrogen and oxygen atoms in total. The van der Waals surface area contributed by atoms with Gasteiger partial charge in [-0.15, -0.1) is 3.96 Å².